The highest BCUT2D eigenvalue weighted by molar-refractivity contribution is 7.25. The van der Waals surface area contributed by atoms with E-state index in [4.69, 9.17) is 15.0 Å². The Balaban J connectivity index is 0.997. The number of hydrogen-bond acceptors (Lipinski definition) is 4. The Kier molecular flexibility index (Phi) is 7.94. The van der Waals surface area contributed by atoms with Gasteiger partial charge in [-0.1, -0.05) is 176 Å². The van der Waals surface area contributed by atoms with Crippen molar-refractivity contribution >= 4 is 42.3 Å². The van der Waals surface area contributed by atoms with Gasteiger partial charge in [-0.25, -0.2) is 15.0 Å². The van der Waals surface area contributed by atoms with E-state index in [0.29, 0.717) is 17.5 Å². The summed E-state index contributed by atoms with van der Waals surface area (Å²) >= 11 is 1.86. The number of fused-ring (bicyclic) bond motifs is 7. The lowest BCUT2D eigenvalue weighted by molar-refractivity contribution is 0.770. The zero-order valence-electron chi connectivity index (χ0n) is 32.5. The molecule has 1 aliphatic carbocycles. The van der Waals surface area contributed by atoms with E-state index in [1.807, 2.05) is 29.5 Å². The van der Waals surface area contributed by atoms with Crippen LogP contribution in [0.1, 0.15) is 22.3 Å². The van der Waals surface area contributed by atoms with Crippen LogP contribution in [0.5, 0.6) is 0 Å². The molecular weight excluding hydrogens is 747 g/mol. The molecule has 0 N–H and O–H groups in total. The topological polar surface area (TPSA) is 38.7 Å². The van der Waals surface area contributed by atoms with E-state index in [2.05, 4.69) is 194 Å². The summed E-state index contributed by atoms with van der Waals surface area (Å²) in [4.78, 5) is 15.2. The van der Waals surface area contributed by atoms with Crippen molar-refractivity contribution in [3.05, 3.63) is 235 Å². The maximum absolute atomic E-state index is 5.11. The van der Waals surface area contributed by atoms with Crippen molar-refractivity contribution in [3.63, 3.8) is 0 Å². The summed E-state index contributed by atoms with van der Waals surface area (Å²) in [5.74, 6) is 1.94. The molecule has 0 unspecified atom stereocenters. The van der Waals surface area contributed by atoms with Crippen LogP contribution in [0.3, 0.4) is 0 Å². The minimum absolute atomic E-state index is 0.447. The number of nitrogens with zero attached hydrogens (tertiary/aromatic N) is 3. The molecule has 12 rings (SSSR count). The molecule has 4 heteroatoms. The zero-order chi connectivity index (χ0) is 39.6. The summed E-state index contributed by atoms with van der Waals surface area (Å²) in [5.41, 5.74) is 12.5. The first-order valence-corrected chi connectivity index (χ1v) is 21.2. The third-order valence-corrected chi connectivity index (χ3v) is 13.3. The molecule has 0 spiro atoms. The van der Waals surface area contributed by atoms with Crippen LogP contribution in [-0.2, 0) is 5.41 Å². The van der Waals surface area contributed by atoms with Crippen molar-refractivity contribution in [3.8, 4) is 56.4 Å². The first-order chi connectivity index (χ1) is 29.7. The number of hydrogen-bond donors (Lipinski definition) is 0. The quantitative estimate of drug-likeness (QED) is 0.169. The Bertz CT molecular complexity index is 3400. The third kappa shape index (κ3) is 5.46. The largest absolute Gasteiger partial charge is 0.208 e. The first kappa shape index (κ1) is 34.5. The average Bonchev–Trinajstić information content (AvgIpc) is 3.85. The van der Waals surface area contributed by atoms with E-state index >= 15 is 0 Å². The Morgan fingerprint density at radius 3 is 1.57 bits per heavy atom. The van der Waals surface area contributed by atoms with Gasteiger partial charge in [0, 0.05) is 36.9 Å². The highest BCUT2D eigenvalue weighted by Crippen LogP contribution is 2.56. The van der Waals surface area contributed by atoms with Crippen LogP contribution in [0.4, 0.5) is 0 Å². The van der Waals surface area contributed by atoms with Crippen molar-refractivity contribution in [2.75, 3.05) is 0 Å². The molecular formula is C56H35N3S. The number of benzene rings is 9. The normalized spacial score (nSPS) is 12.8. The van der Waals surface area contributed by atoms with E-state index in [1.165, 1.54) is 58.9 Å². The summed E-state index contributed by atoms with van der Waals surface area (Å²) in [5, 5.41) is 4.86. The number of thiophene rings is 1. The Morgan fingerprint density at radius 2 is 0.833 bits per heavy atom. The molecule has 0 radical (unpaired) electrons. The molecule has 3 nitrogen and oxygen atoms in total. The SMILES string of the molecule is c1ccc(-c2nc(-c3cccc(-c4ccc5sc6ccc(C7(c8ccccc8)c8ccccc8-c8ccccc87)cc6c5c4)c3)nc(-c3ccc4ccccc4c3)n2)cc1. The van der Waals surface area contributed by atoms with Crippen LogP contribution in [0.25, 0.3) is 87.4 Å². The smallest absolute Gasteiger partial charge is 0.164 e. The van der Waals surface area contributed by atoms with E-state index < -0.39 is 5.41 Å². The highest BCUT2D eigenvalue weighted by Gasteiger charge is 2.46. The van der Waals surface area contributed by atoms with Gasteiger partial charge in [-0.2, -0.15) is 0 Å². The van der Waals surface area contributed by atoms with Crippen LogP contribution < -0.4 is 0 Å². The second-order valence-corrected chi connectivity index (χ2v) is 16.6. The lowest BCUT2D eigenvalue weighted by Crippen LogP contribution is -2.28. The van der Waals surface area contributed by atoms with Crippen molar-refractivity contribution in [2.45, 2.75) is 5.41 Å². The second-order valence-electron chi connectivity index (χ2n) is 15.5. The fraction of sp³-hybridized carbons (Fsp3) is 0.0179. The van der Waals surface area contributed by atoms with E-state index in [0.717, 1.165) is 33.2 Å². The van der Waals surface area contributed by atoms with Crippen molar-refractivity contribution in [2.24, 2.45) is 0 Å². The molecule has 2 heterocycles. The summed E-state index contributed by atoms with van der Waals surface area (Å²) in [6, 6.07) is 76.6. The van der Waals surface area contributed by atoms with Crippen LogP contribution in [0.15, 0.2) is 212 Å². The molecule has 1 aliphatic rings. The van der Waals surface area contributed by atoms with Crippen LogP contribution in [0, 0.1) is 0 Å². The van der Waals surface area contributed by atoms with Crippen molar-refractivity contribution in [1.29, 1.82) is 0 Å². The molecule has 9 aromatic carbocycles. The van der Waals surface area contributed by atoms with E-state index in [9.17, 15) is 0 Å². The van der Waals surface area contributed by atoms with Gasteiger partial charge >= 0.3 is 0 Å². The van der Waals surface area contributed by atoms with Gasteiger partial charge in [-0.05, 0) is 91.7 Å². The standard InChI is InChI=1S/C56H35N3S/c1-3-15-37(16-4-1)53-57-54(59-55(58-53)42-27-26-36-14-7-8-17-38(36)32-42)41-19-13-18-39(33-41)40-28-30-51-47(34-40)48-35-44(29-31-52(48)60-51)56(43-20-5-2-6-21-43)49-24-11-9-22-45(49)46-23-10-12-25-50(46)56/h1-35H. The third-order valence-electron chi connectivity index (χ3n) is 12.2. The van der Waals surface area contributed by atoms with E-state index in [-0.39, 0.29) is 0 Å². The molecule has 0 fully saturated rings. The molecule has 0 amide bonds. The average molecular weight is 782 g/mol. The van der Waals surface area contributed by atoms with Gasteiger partial charge < -0.3 is 0 Å². The van der Waals surface area contributed by atoms with Crippen LogP contribution >= 0.6 is 11.3 Å². The van der Waals surface area contributed by atoms with Gasteiger partial charge in [0.25, 0.3) is 0 Å². The van der Waals surface area contributed by atoms with Crippen molar-refractivity contribution < 1.29 is 0 Å². The second kappa shape index (κ2) is 13.8. The molecule has 60 heavy (non-hydrogen) atoms. The fourth-order valence-corrected chi connectivity index (χ4v) is 10.5. The predicted molar refractivity (Wildman–Crippen MR) is 249 cm³/mol. The lowest BCUT2D eigenvalue weighted by Gasteiger charge is -2.34. The summed E-state index contributed by atoms with van der Waals surface area (Å²) < 4.78 is 2.55. The minimum Gasteiger partial charge on any atom is -0.208 e. The Hall–Kier alpha value is -7.53. The molecule has 0 bridgehead atoms. The van der Waals surface area contributed by atoms with Gasteiger partial charge in [0.2, 0.25) is 0 Å². The summed E-state index contributed by atoms with van der Waals surface area (Å²) in [6.45, 7) is 0. The Morgan fingerprint density at radius 1 is 0.317 bits per heavy atom. The lowest BCUT2D eigenvalue weighted by atomic mass is 9.67. The highest BCUT2D eigenvalue weighted by atomic mass is 32.1. The van der Waals surface area contributed by atoms with Crippen LogP contribution in [0.2, 0.25) is 0 Å². The molecule has 0 aliphatic heterocycles. The fourth-order valence-electron chi connectivity index (χ4n) is 9.42. The molecule has 0 saturated heterocycles. The molecule has 0 saturated carbocycles. The van der Waals surface area contributed by atoms with Gasteiger partial charge in [0.1, 0.15) is 0 Å². The monoisotopic (exact) mass is 781 g/mol. The van der Waals surface area contributed by atoms with Gasteiger partial charge in [0.05, 0.1) is 5.41 Å². The molecule has 0 atom stereocenters. The zero-order valence-corrected chi connectivity index (χ0v) is 33.3. The van der Waals surface area contributed by atoms with E-state index in [1.54, 1.807) is 0 Å². The maximum Gasteiger partial charge on any atom is 0.164 e. The molecule has 2 aromatic heterocycles. The van der Waals surface area contributed by atoms with Crippen molar-refractivity contribution in [1.82, 2.24) is 15.0 Å². The van der Waals surface area contributed by atoms with Gasteiger partial charge in [0.15, 0.2) is 17.5 Å². The van der Waals surface area contributed by atoms with Gasteiger partial charge in [-0.15, -0.1) is 11.3 Å². The summed E-state index contributed by atoms with van der Waals surface area (Å²) in [6.07, 6.45) is 0. The predicted octanol–water partition coefficient (Wildman–Crippen LogP) is 14.4. The molecule has 11 aromatic rings. The Labute approximate surface area is 352 Å². The van der Waals surface area contributed by atoms with Crippen LogP contribution in [-0.4, -0.2) is 15.0 Å². The maximum atomic E-state index is 5.11. The first-order valence-electron chi connectivity index (χ1n) is 20.3. The number of aromatic nitrogens is 3. The number of rotatable bonds is 6. The van der Waals surface area contributed by atoms with Gasteiger partial charge in [-0.3, -0.25) is 0 Å². The summed E-state index contributed by atoms with van der Waals surface area (Å²) in [7, 11) is 0. The molecule has 280 valence electrons. The minimum atomic E-state index is -0.447.